The first-order valence-corrected chi connectivity index (χ1v) is 7.62. The van der Waals surface area contributed by atoms with Gasteiger partial charge in [0.1, 0.15) is 0 Å². The zero-order valence-corrected chi connectivity index (χ0v) is 12.0. The molecular weight excluding hydrogens is 248 g/mol. The maximum atomic E-state index is 12.2. The Kier molecular flexibility index (Phi) is 4.90. The monoisotopic (exact) mass is 270 g/mol. The van der Waals surface area contributed by atoms with Crippen molar-refractivity contribution >= 4 is 10.0 Å². The molecule has 0 radical (unpaired) electrons. The smallest absolute Gasteiger partial charge is 0.241 e. The number of nitrogens with one attached hydrogen (secondary N) is 1. The lowest BCUT2D eigenvalue weighted by Crippen LogP contribution is -2.46. The van der Waals surface area contributed by atoms with Gasteiger partial charge in [-0.25, -0.2) is 13.1 Å². The summed E-state index contributed by atoms with van der Waals surface area (Å²) in [5.74, 6) is 0. The van der Waals surface area contributed by atoms with Gasteiger partial charge >= 0.3 is 0 Å². The summed E-state index contributed by atoms with van der Waals surface area (Å²) in [4.78, 5) is 0.296. The third kappa shape index (κ3) is 3.80. The molecule has 1 aromatic carbocycles. The van der Waals surface area contributed by atoms with Crippen LogP contribution in [0.15, 0.2) is 29.2 Å². The quantitative estimate of drug-likeness (QED) is 0.828. The molecule has 18 heavy (non-hydrogen) atoms. The van der Waals surface area contributed by atoms with Crippen LogP contribution in [0.5, 0.6) is 0 Å². The zero-order chi connectivity index (χ0) is 13.8. The molecule has 0 heterocycles. The first-order valence-electron chi connectivity index (χ1n) is 6.14. The second kappa shape index (κ2) is 5.82. The molecule has 4 nitrogen and oxygen atoms in total. The van der Waals surface area contributed by atoms with Gasteiger partial charge in [0, 0.05) is 5.54 Å². The number of hydrogen-bond donors (Lipinski definition) is 2. The molecule has 0 saturated carbocycles. The van der Waals surface area contributed by atoms with E-state index in [-0.39, 0.29) is 0 Å². The number of benzene rings is 1. The zero-order valence-electron chi connectivity index (χ0n) is 11.2. The van der Waals surface area contributed by atoms with E-state index in [0.717, 1.165) is 5.56 Å². The number of aryl methyl sites for hydroxylation is 1. The van der Waals surface area contributed by atoms with Gasteiger partial charge in [0.2, 0.25) is 10.0 Å². The normalized spacial score (nSPS) is 15.3. The van der Waals surface area contributed by atoms with Gasteiger partial charge < -0.3 is 5.73 Å². The maximum Gasteiger partial charge on any atom is 0.241 e. The number of rotatable bonds is 6. The van der Waals surface area contributed by atoms with E-state index < -0.39 is 15.6 Å². The Morgan fingerprint density at radius 3 is 2.28 bits per heavy atom. The predicted octanol–water partition coefficient (Wildman–Crippen LogP) is 1.79. The molecule has 1 unspecified atom stereocenters. The highest BCUT2D eigenvalue weighted by atomic mass is 32.2. The van der Waals surface area contributed by atoms with Crippen molar-refractivity contribution in [1.29, 1.82) is 0 Å². The molecule has 1 rings (SSSR count). The van der Waals surface area contributed by atoms with Crippen LogP contribution >= 0.6 is 0 Å². The van der Waals surface area contributed by atoms with Gasteiger partial charge in [-0.15, -0.1) is 0 Å². The summed E-state index contributed by atoms with van der Waals surface area (Å²) in [6.07, 6.45) is 1.32. The number of nitrogens with two attached hydrogens (primary N) is 1. The standard InChI is InChI=1S/C13H22N2O2S/c1-4-13(3,9-10-14)15-18(16,17)12-7-5-11(2)6-8-12/h5-8,15H,4,9-10,14H2,1-3H3. The van der Waals surface area contributed by atoms with E-state index in [0.29, 0.717) is 24.3 Å². The molecule has 3 N–H and O–H groups in total. The first kappa shape index (κ1) is 15.1. The van der Waals surface area contributed by atoms with Crippen molar-refractivity contribution in [3.05, 3.63) is 29.8 Å². The summed E-state index contributed by atoms with van der Waals surface area (Å²) in [5, 5.41) is 0. The lowest BCUT2D eigenvalue weighted by molar-refractivity contribution is 0.379. The molecule has 0 aromatic heterocycles. The van der Waals surface area contributed by atoms with E-state index in [1.807, 2.05) is 20.8 Å². The van der Waals surface area contributed by atoms with Gasteiger partial charge in [-0.05, 0) is 45.4 Å². The Bertz CT molecular complexity index is 482. The minimum absolute atomic E-state index is 0.296. The molecule has 0 spiro atoms. The fourth-order valence-corrected chi connectivity index (χ4v) is 3.23. The van der Waals surface area contributed by atoms with Crippen LogP contribution in [-0.4, -0.2) is 20.5 Å². The second-order valence-corrected chi connectivity index (χ2v) is 6.55. The van der Waals surface area contributed by atoms with Gasteiger partial charge in [0.05, 0.1) is 4.90 Å². The summed E-state index contributed by atoms with van der Waals surface area (Å²) in [6, 6.07) is 6.83. The van der Waals surface area contributed by atoms with Crippen LogP contribution in [-0.2, 0) is 10.0 Å². The van der Waals surface area contributed by atoms with Crippen LogP contribution < -0.4 is 10.5 Å². The molecule has 0 aliphatic rings. The van der Waals surface area contributed by atoms with Crippen molar-refractivity contribution in [3.63, 3.8) is 0 Å². The van der Waals surface area contributed by atoms with E-state index in [9.17, 15) is 8.42 Å². The highest BCUT2D eigenvalue weighted by Crippen LogP contribution is 2.19. The van der Waals surface area contributed by atoms with Crippen LogP contribution in [0, 0.1) is 6.92 Å². The Labute approximate surface area is 110 Å². The summed E-state index contributed by atoms with van der Waals surface area (Å²) in [7, 11) is -3.47. The van der Waals surface area contributed by atoms with Crippen LogP contribution in [0.25, 0.3) is 0 Å². The minimum Gasteiger partial charge on any atom is -0.330 e. The average Bonchev–Trinajstić information content (AvgIpc) is 2.29. The average molecular weight is 270 g/mol. The van der Waals surface area contributed by atoms with Crippen molar-refractivity contribution in [1.82, 2.24) is 4.72 Å². The highest BCUT2D eigenvalue weighted by Gasteiger charge is 2.28. The fraction of sp³-hybridized carbons (Fsp3) is 0.538. The summed E-state index contributed by atoms with van der Waals surface area (Å²) >= 11 is 0. The SMILES string of the molecule is CCC(C)(CCN)NS(=O)(=O)c1ccc(C)cc1. The van der Waals surface area contributed by atoms with Gasteiger partial charge in [-0.1, -0.05) is 24.6 Å². The van der Waals surface area contributed by atoms with Crippen LogP contribution in [0.3, 0.4) is 0 Å². The Hall–Kier alpha value is -0.910. The molecule has 1 atom stereocenters. The van der Waals surface area contributed by atoms with Crippen LogP contribution in [0.4, 0.5) is 0 Å². The Balaban J connectivity index is 2.97. The predicted molar refractivity (Wildman–Crippen MR) is 73.9 cm³/mol. The molecular formula is C13H22N2O2S. The molecule has 0 aliphatic heterocycles. The molecule has 5 heteroatoms. The van der Waals surface area contributed by atoms with Crippen molar-refractivity contribution in [2.75, 3.05) is 6.54 Å². The maximum absolute atomic E-state index is 12.2. The van der Waals surface area contributed by atoms with E-state index in [4.69, 9.17) is 5.73 Å². The van der Waals surface area contributed by atoms with Crippen LogP contribution in [0.2, 0.25) is 0 Å². The topological polar surface area (TPSA) is 72.2 Å². The van der Waals surface area contributed by atoms with Crippen molar-refractivity contribution in [2.24, 2.45) is 5.73 Å². The molecule has 0 aliphatic carbocycles. The van der Waals surface area contributed by atoms with Gasteiger partial charge in [-0.2, -0.15) is 0 Å². The van der Waals surface area contributed by atoms with E-state index in [2.05, 4.69) is 4.72 Å². The van der Waals surface area contributed by atoms with Gasteiger partial charge in [0.25, 0.3) is 0 Å². The second-order valence-electron chi connectivity index (χ2n) is 4.87. The third-order valence-corrected chi connectivity index (χ3v) is 4.84. The Morgan fingerprint density at radius 1 is 1.28 bits per heavy atom. The summed E-state index contributed by atoms with van der Waals surface area (Å²) in [5.41, 5.74) is 6.08. The van der Waals surface area contributed by atoms with Crippen molar-refractivity contribution < 1.29 is 8.42 Å². The number of sulfonamides is 1. The van der Waals surface area contributed by atoms with E-state index in [1.54, 1.807) is 24.3 Å². The van der Waals surface area contributed by atoms with Gasteiger partial charge in [-0.3, -0.25) is 0 Å². The fourth-order valence-electron chi connectivity index (χ4n) is 1.72. The number of hydrogen-bond acceptors (Lipinski definition) is 3. The lowest BCUT2D eigenvalue weighted by atomic mass is 9.96. The third-order valence-electron chi connectivity index (χ3n) is 3.19. The molecule has 0 bridgehead atoms. The Morgan fingerprint density at radius 2 is 1.83 bits per heavy atom. The summed E-state index contributed by atoms with van der Waals surface area (Å²) in [6.45, 7) is 6.22. The highest BCUT2D eigenvalue weighted by molar-refractivity contribution is 7.89. The minimum atomic E-state index is -3.47. The van der Waals surface area contributed by atoms with Crippen molar-refractivity contribution in [3.8, 4) is 0 Å². The van der Waals surface area contributed by atoms with E-state index in [1.165, 1.54) is 0 Å². The molecule has 0 amide bonds. The first-order chi connectivity index (χ1) is 8.33. The van der Waals surface area contributed by atoms with E-state index >= 15 is 0 Å². The molecule has 102 valence electrons. The lowest BCUT2D eigenvalue weighted by Gasteiger charge is -2.28. The largest absolute Gasteiger partial charge is 0.330 e. The van der Waals surface area contributed by atoms with Crippen molar-refractivity contribution in [2.45, 2.75) is 44.0 Å². The molecule has 1 aromatic rings. The summed E-state index contributed by atoms with van der Waals surface area (Å²) < 4.78 is 27.2. The van der Waals surface area contributed by atoms with Crippen LogP contribution in [0.1, 0.15) is 32.3 Å². The van der Waals surface area contributed by atoms with Gasteiger partial charge in [0.15, 0.2) is 0 Å². The molecule has 0 saturated heterocycles. The molecule has 0 fully saturated rings.